The van der Waals surface area contributed by atoms with Gasteiger partial charge >= 0.3 is 0 Å². The van der Waals surface area contributed by atoms with Gasteiger partial charge in [0.1, 0.15) is 0 Å². The van der Waals surface area contributed by atoms with Crippen molar-refractivity contribution in [2.24, 2.45) is 11.7 Å². The number of thiazole rings is 1. The Kier molecular flexibility index (Phi) is 3.59. The summed E-state index contributed by atoms with van der Waals surface area (Å²) in [5.74, 6) is 0.661. The topological polar surface area (TPSA) is 42.2 Å². The normalized spacial score (nSPS) is 25.7. The Morgan fingerprint density at radius 3 is 3.07 bits per heavy atom. The van der Waals surface area contributed by atoms with Crippen LogP contribution in [0.4, 0.5) is 5.13 Å². The van der Waals surface area contributed by atoms with Crippen LogP contribution in [0.2, 0.25) is 0 Å². The standard InChI is InChI=1S/C11H19N3S/c1-2-14(11-13-6-7-15-11)10-5-3-4-9(10)8-12/h6-7,9-10H,2-5,8,12H2,1H3. The van der Waals surface area contributed by atoms with Crippen LogP contribution in [0.1, 0.15) is 26.2 Å². The van der Waals surface area contributed by atoms with Crippen molar-refractivity contribution in [1.29, 1.82) is 0 Å². The summed E-state index contributed by atoms with van der Waals surface area (Å²) in [6.07, 6.45) is 5.75. The van der Waals surface area contributed by atoms with Crippen molar-refractivity contribution in [3.8, 4) is 0 Å². The Balaban J connectivity index is 2.12. The SMILES string of the molecule is CCN(c1nccs1)C1CCCC1CN. The lowest BCUT2D eigenvalue weighted by atomic mass is 10.0. The molecule has 0 bridgehead atoms. The maximum atomic E-state index is 5.83. The first-order valence-electron chi connectivity index (χ1n) is 5.73. The molecule has 2 N–H and O–H groups in total. The second-order valence-electron chi connectivity index (χ2n) is 4.09. The fourth-order valence-corrected chi connectivity index (χ4v) is 3.34. The number of anilines is 1. The molecule has 0 aromatic carbocycles. The molecule has 1 heterocycles. The summed E-state index contributed by atoms with van der Waals surface area (Å²) in [4.78, 5) is 6.83. The minimum atomic E-state index is 0.617. The average Bonchev–Trinajstić information content (AvgIpc) is 2.89. The molecule has 0 aliphatic heterocycles. The fourth-order valence-electron chi connectivity index (χ4n) is 2.57. The van der Waals surface area contributed by atoms with Crippen LogP contribution >= 0.6 is 11.3 Å². The molecule has 1 fully saturated rings. The van der Waals surface area contributed by atoms with Gasteiger partial charge in [-0.3, -0.25) is 0 Å². The van der Waals surface area contributed by atoms with E-state index in [1.807, 2.05) is 11.6 Å². The average molecular weight is 225 g/mol. The third-order valence-electron chi connectivity index (χ3n) is 3.33. The lowest BCUT2D eigenvalue weighted by molar-refractivity contribution is 0.461. The first-order chi connectivity index (χ1) is 7.36. The molecule has 1 aliphatic carbocycles. The van der Waals surface area contributed by atoms with E-state index in [-0.39, 0.29) is 0 Å². The molecule has 1 aromatic heterocycles. The van der Waals surface area contributed by atoms with Crippen molar-refractivity contribution in [3.05, 3.63) is 11.6 Å². The van der Waals surface area contributed by atoms with Crippen molar-refractivity contribution in [1.82, 2.24) is 4.98 Å². The van der Waals surface area contributed by atoms with E-state index in [9.17, 15) is 0 Å². The predicted octanol–water partition coefficient (Wildman–Crippen LogP) is 2.10. The molecular weight excluding hydrogens is 206 g/mol. The summed E-state index contributed by atoms with van der Waals surface area (Å²) in [5, 5.41) is 3.20. The highest BCUT2D eigenvalue weighted by molar-refractivity contribution is 7.13. The van der Waals surface area contributed by atoms with Crippen molar-refractivity contribution in [2.45, 2.75) is 32.2 Å². The minimum Gasteiger partial charge on any atom is -0.345 e. The van der Waals surface area contributed by atoms with Gasteiger partial charge in [-0.1, -0.05) is 6.42 Å². The number of nitrogens with zero attached hydrogens (tertiary/aromatic N) is 2. The molecule has 0 radical (unpaired) electrons. The van der Waals surface area contributed by atoms with Gasteiger partial charge in [0.15, 0.2) is 5.13 Å². The molecule has 0 amide bonds. The van der Waals surface area contributed by atoms with Crippen molar-refractivity contribution in [3.63, 3.8) is 0 Å². The summed E-state index contributed by atoms with van der Waals surface area (Å²) in [5.41, 5.74) is 5.83. The third kappa shape index (κ3) is 2.16. The van der Waals surface area contributed by atoms with Crippen LogP contribution in [0, 0.1) is 5.92 Å². The molecule has 15 heavy (non-hydrogen) atoms. The van der Waals surface area contributed by atoms with E-state index in [4.69, 9.17) is 5.73 Å². The summed E-state index contributed by atoms with van der Waals surface area (Å²) in [6.45, 7) is 4.05. The lowest BCUT2D eigenvalue weighted by Crippen LogP contribution is -2.40. The van der Waals surface area contributed by atoms with E-state index in [2.05, 4.69) is 16.8 Å². The van der Waals surface area contributed by atoms with Gasteiger partial charge in [0.25, 0.3) is 0 Å². The van der Waals surface area contributed by atoms with Crippen LogP contribution in [0.25, 0.3) is 0 Å². The Labute approximate surface area is 95.3 Å². The smallest absolute Gasteiger partial charge is 0.185 e. The Morgan fingerprint density at radius 1 is 1.60 bits per heavy atom. The molecule has 3 nitrogen and oxygen atoms in total. The molecule has 2 unspecified atom stereocenters. The first-order valence-corrected chi connectivity index (χ1v) is 6.61. The molecule has 2 rings (SSSR count). The Hall–Kier alpha value is -0.610. The number of hydrogen-bond acceptors (Lipinski definition) is 4. The largest absolute Gasteiger partial charge is 0.345 e. The van der Waals surface area contributed by atoms with Gasteiger partial charge in [0.2, 0.25) is 0 Å². The zero-order valence-corrected chi connectivity index (χ0v) is 10.0. The Morgan fingerprint density at radius 2 is 2.47 bits per heavy atom. The fraction of sp³-hybridized carbons (Fsp3) is 0.727. The maximum Gasteiger partial charge on any atom is 0.185 e. The highest BCUT2D eigenvalue weighted by atomic mass is 32.1. The lowest BCUT2D eigenvalue weighted by Gasteiger charge is -2.31. The van der Waals surface area contributed by atoms with E-state index in [0.29, 0.717) is 12.0 Å². The molecule has 1 saturated carbocycles. The number of hydrogen-bond donors (Lipinski definition) is 1. The summed E-state index contributed by atoms with van der Waals surface area (Å²) >= 11 is 1.73. The zero-order chi connectivity index (χ0) is 10.7. The molecule has 0 spiro atoms. The van der Waals surface area contributed by atoms with E-state index < -0.39 is 0 Å². The second-order valence-corrected chi connectivity index (χ2v) is 4.97. The number of nitrogens with two attached hydrogens (primary N) is 1. The van der Waals surface area contributed by atoms with Crippen LogP contribution < -0.4 is 10.6 Å². The summed E-state index contributed by atoms with van der Waals surface area (Å²) < 4.78 is 0. The molecule has 4 heteroatoms. The van der Waals surface area contributed by atoms with E-state index in [0.717, 1.165) is 18.2 Å². The van der Waals surface area contributed by atoms with Gasteiger partial charge in [-0.15, -0.1) is 11.3 Å². The van der Waals surface area contributed by atoms with Crippen molar-refractivity contribution >= 4 is 16.5 Å². The monoisotopic (exact) mass is 225 g/mol. The van der Waals surface area contributed by atoms with Crippen molar-refractivity contribution in [2.75, 3.05) is 18.0 Å². The van der Waals surface area contributed by atoms with Crippen molar-refractivity contribution < 1.29 is 0 Å². The van der Waals surface area contributed by atoms with Gasteiger partial charge in [-0.05, 0) is 32.2 Å². The number of aromatic nitrogens is 1. The molecule has 84 valence electrons. The number of rotatable bonds is 4. The second kappa shape index (κ2) is 4.94. The van der Waals surface area contributed by atoms with Gasteiger partial charge in [0.05, 0.1) is 0 Å². The predicted molar refractivity (Wildman–Crippen MR) is 65.3 cm³/mol. The van der Waals surface area contributed by atoms with Crippen LogP contribution in [-0.2, 0) is 0 Å². The highest BCUT2D eigenvalue weighted by Gasteiger charge is 2.31. The van der Waals surface area contributed by atoms with Crippen LogP contribution in [-0.4, -0.2) is 24.1 Å². The van der Waals surface area contributed by atoms with Gasteiger partial charge < -0.3 is 10.6 Å². The summed E-state index contributed by atoms with van der Waals surface area (Å²) in [6, 6.07) is 0.617. The molecule has 1 aliphatic rings. The van der Waals surface area contributed by atoms with Crippen LogP contribution in [0.15, 0.2) is 11.6 Å². The van der Waals surface area contributed by atoms with E-state index in [1.54, 1.807) is 11.3 Å². The first kappa shape index (κ1) is 10.9. The quantitative estimate of drug-likeness (QED) is 0.853. The molecule has 0 saturated heterocycles. The van der Waals surface area contributed by atoms with Gasteiger partial charge in [0, 0.05) is 24.2 Å². The Bertz CT molecular complexity index is 286. The maximum absolute atomic E-state index is 5.83. The summed E-state index contributed by atoms with van der Waals surface area (Å²) in [7, 11) is 0. The van der Waals surface area contributed by atoms with E-state index >= 15 is 0 Å². The minimum absolute atomic E-state index is 0.617. The molecular formula is C11H19N3S. The molecule has 2 atom stereocenters. The third-order valence-corrected chi connectivity index (χ3v) is 4.14. The van der Waals surface area contributed by atoms with Crippen LogP contribution in [0.5, 0.6) is 0 Å². The zero-order valence-electron chi connectivity index (χ0n) is 9.22. The van der Waals surface area contributed by atoms with E-state index in [1.165, 1.54) is 19.3 Å². The highest BCUT2D eigenvalue weighted by Crippen LogP contribution is 2.32. The molecule has 1 aromatic rings. The van der Waals surface area contributed by atoms with Gasteiger partial charge in [-0.25, -0.2) is 4.98 Å². The van der Waals surface area contributed by atoms with Crippen LogP contribution in [0.3, 0.4) is 0 Å². The van der Waals surface area contributed by atoms with Gasteiger partial charge in [-0.2, -0.15) is 0 Å².